The monoisotopic (exact) mass is 302 g/mol. The zero-order chi connectivity index (χ0) is 16.1. The molecule has 122 valence electrons. The zero-order valence-corrected chi connectivity index (χ0v) is 14.5. The Labute approximate surface area is 135 Å². The Kier molecular flexibility index (Phi) is 6.01. The number of carbonyl (C=O) groups excluding carboxylic acids is 1. The molecule has 1 heterocycles. The van der Waals surface area contributed by atoms with Crippen LogP contribution in [0.5, 0.6) is 0 Å². The average molecular weight is 302 g/mol. The number of rotatable bonds is 5. The second-order valence-corrected chi connectivity index (χ2v) is 7.13. The molecule has 0 aliphatic carbocycles. The molecule has 1 fully saturated rings. The third-order valence-electron chi connectivity index (χ3n) is 4.62. The molecular formula is C19H30N2O. The van der Waals surface area contributed by atoms with Gasteiger partial charge in [-0.3, -0.25) is 4.79 Å². The predicted octanol–water partition coefficient (Wildman–Crippen LogP) is 3.61. The molecule has 3 heteroatoms. The summed E-state index contributed by atoms with van der Waals surface area (Å²) in [6, 6.07) is 8.15. The zero-order valence-electron chi connectivity index (χ0n) is 14.5. The van der Waals surface area contributed by atoms with Crippen molar-refractivity contribution in [3.63, 3.8) is 0 Å². The van der Waals surface area contributed by atoms with E-state index in [0.717, 1.165) is 31.6 Å². The van der Waals surface area contributed by atoms with Crippen molar-refractivity contribution in [3.05, 3.63) is 35.4 Å². The van der Waals surface area contributed by atoms with E-state index in [2.05, 4.69) is 45.0 Å². The number of carbonyl (C=O) groups is 1. The summed E-state index contributed by atoms with van der Waals surface area (Å²) in [6.45, 7) is 7.28. The van der Waals surface area contributed by atoms with Gasteiger partial charge in [-0.1, -0.05) is 26.0 Å². The van der Waals surface area contributed by atoms with Crippen molar-refractivity contribution in [1.29, 1.82) is 0 Å². The van der Waals surface area contributed by atoms with Gasteiger partial charge in [0.15, 0.2) is 0 Å². The summed E-state index contributed by atoms with van der Waals surface area (Å²) < 4.78 is 0. The highest BCUT2D eigenvalue weighted by molar-refractivity contribution is 5.94. The van der Waals surface area contributed by atoms with E-state index in [4.69, 9.17) is 0 Å². The van der Waals surface area contributed by atoms with Crippen LogP contribution in [0.3, 0.4) is 0 Å². The molecule has 0 aromatic heterocycles. The van der Waals surface area contributed by atoms with E-state index in [1.165, 1.54) is 18.4 Å². The lowest BCUT2D eigenvalue weighted by Gasteiger charge is -2.33. The van der Waals surface area contributed by atoms with Crippen LogP contribution in [0.15, 0.2) is 24.3 Å². The molecule has 1 amide bonds. The molecule has 2 rings (SSSR count). The van der Waals surface area contributed by atoms with Crippen LogP contribution in [0.25, 0.3) is 0 Å². The van der Waals surface area contributed by atoms with Gasteiger partial charge >= 0.3 is 0 Å². The molecular weight excluding hydrogens is 272 g/mol. The van der Waals surface area contributed by atoms with Crippen LogP contribution in [-0.4, -0.2) is 49.4 Å². The van der Waals surface area contributed by atoms with E-state index in [9.17, 15) is 4.79 Å². The lowest BCUT2D eigenvalue weighted by molar-refractivity contribution is 0.0663. The van der Waals surface area contributed by atoms with E-state index >= 15 is 0 Å². The minimum absolute atomic E-state index is 0.199. The maximum atomic E-state index is 12.7. The van der Waals surface area contributed by atoms with Crippen molar-refractivity contribution in [2.45, 2.75) is 39.0 Å². The number of nitrogens with zero attached hydrogens (tertiary/aromatic N) is 2. The van der Waals surface area contributed by atoms with Crippen molar-refractivity contribution in [2.75, 3.05) is 33.7 Å². The number of likely N-dealkylation sites (tertiary alicyclic amines) is 1. The van der Waals surface area contributed by atoms with Gasteiger partial charge in [-0.15, -0.1) is 0 Å². The summed E-state index contributed by atoms with van der Waals surface area (Å²) in [6.07, 6.45) is 3.57. The third kappa shape index (κ3) is 4.57. The van der Waals surface area contributed by atoms with Crippen LogP contribution in [-0.2, 0) is 0 Å². The van der Waals surface area contributed by atoms with Gasteiger partial charge in [0.1, 0.15) is 0 Å². The van der Waals surface area contributed by atoms with E-state index in [1.807, 2.05) is 17.0 Å². The van der Waals surface area contributed by atoms with Crippen LogP contribution in [0.1, 0.15) is 54.9 Å². The maximum absolute atomic E-state index is 12.7. The Morgan fingerprint density at radius 1 is 1.27 bits per heavy atom. The lowest BCUT2D eigenvalue weighted by atomic mass is 9.94. The van der Waals surface area contributed by atoms with Gasteiger partial charge in [-0.2, -0.15) is 0 Å². The molecule has 0 radical (unpaired) electrons. The topological polar surface area (TPSA) is 23.6 Å². The highest BCUT2D eigenvalue weighted by atomic mass is 16.2. The minimum atomic E-state index is 0.199. The molecule has 22 heavy (non-hydrogen) atoms. The van der Waals surface area contributed by atoms with Crippen molar-refractivity contribution in [2.24, 2.45) is 5.92 Å². The highest BCUT2D eigenvalue weighted by Gasteiger charge is 2.24. The molecule has 1 saturated heterocycles. The normalized spacial score (nSPS) is 19.0. The van der Waals surface area contributed by atoms with Gasteiger partial charge < -0.3 is 9.80 Å². The smallest absolute Gasteiger partial charge is 0.253 e. The van der Waals surface area contributed by atoms with E-state index in [0.29, 0.717) is 11.8 Å². The SMILES string of the molecule is CC(C)c1ccc(C(=O)N2CCCC(CCN(C)C)C2)cc1. The Morgan fingerprint density at radius 3 is 2.55 bits per heavy atom. The van der Waals surface area contributed by atoms with Gasteiger partial charge in [0, 0.05) is 18.7 Å². The fraction of sp³-hybridized carbons (Fsp3) is 0.632. The van der Waals surface area contributed by atoms with Crippen LogP contribution in [0, 0.1) is 5.92 Å². The first-order chi connectivity index (χ1) is 10.5. The summed E-state index contributed by atoms with van der Waals surface area (Å²) >= 11 is 0. The number of benzene rings is 1. The predicted molar refractivity (Wildman–Crippen MR) is 92.3 cm³/mol. The second-order valence-electron chi connectivity index (χ2n) is 7.13. The molecule has 3 nitrogen and oxygen atoms in total. The summed E-state index contributed by atoms with van der Waals surface area (Å²) in [5.74, 6) is 1.36. The van der Waals surface area contributed by atoms with Crippen molar-refractivity contribution < 1.29 is 4.79 Å². The third-order valence-corrected chi connectivity index (χ3v) is 4.62. The standard InChI is InChI=1S/C19H30N2O/c1-15(2)17-7-9-18(10-8-17)19(22)21-12-5-6-16(14-21)11-13-20(3)4/h7-10,15-16H,5-6,11-14H2,1-4H3. The van der Waals surface area contributed by atoms with Gasteiger partial charge in [-0.25, -0.2) is 0 Å². The van der Waals surface area contributed by atoms with Crippen molar-refractivity contribution in [3.8, 4) is 0 Å². The first-order valence-corrected chi connectivity index (χ1v) is 8.51. The van der Waals surface area contributed by atoms with E-state index in [1.54, 1.807) is 0 Å². The number of hydrogen-bond donors (Lipinski definition) is 0. The molecule has 1 aliphatic heterocycles. The molecule has 0 bridgehead atoms. The maximum Gasteiger partial charge on any atom is 0.253 e. The highest BCUT2D eigenvalue weighted by Crippen LogP contribution is 2.22. The lowest BCUT2D eigenvalue weighted by Crippen LogP contribution is -2.40. The number of hydrogen-bond acceptors (Lipinski definition) is 2. The van der Waals surface area contributed by atoms with Crippen LogP contribution >= 0.6 is 0 Å². The fourth-order valence-corrected chi connectivity index (χ4v) is 3.12. The van der Waals surface area contributed by atoms with E-state index < -0.39 is 0 Å². The summed E-state index contributed by atoms with van der Waals surface area (Å²) in [5.41, 5.74) is 2.12. The summed E-state index contributed by atoms with van der Waals surface area (Å²) in [5, 5.41) is 0. The first kappa shape index (κ1) is 17.0. The molecule has 0 saturated carbocycles. The molecule has 1 unspecified atom stereocenters. The Bertz CT molecular complexity index is 479. The molecule has 0 spiro atoms. The second kappa shape index (κ2) is 7.77. The van der Waals surface area contributed by atoms with Crippen molar-refractivity contribution in [1.82, 2.24) is 9.80 Å². The molecule has 1 aromatic carbocycles. The van der Waals surface area contributed by atoms with Crippen LogP contribution in [0.4, 0.5) is 0 Å². The number of piperidine rings is 1. The molecule has 1 atom stereocenters. The largest absolute Gasteiger partial charge is 0.338 e. The molecule has 0 N–H and O–H groups in total. The quantitative estimate of drug-likeness (QED) is 0.829. The van der Waals surface area contributed by atoms with Crippen LogP contribution in [0.2, 0.25) is 0 Å². The summed E-state index contributed by atoms with van der Waals surface area (Å²) in [4.78, 5) is 17.0. The van der Waals surface area contributed by atoms with E-state index in [-0.39, 0.29) is 5.91 Å². The average Bonchev–Trinajstić information content (AvgIpc) is 2.52. The van der Waals surface area contributed by atoms with Crippen LogP contribution < -0.4 is 0 Å². The molecule has 1 aliphatic rings. The van der Waals surface area contributed by atoms with Gasteiger partial charge in [0.05, 0.1) is 0 Å². The Hall–Kier alpha value is -1.35. The minimum Gasteiger partial charge on any atom is -0.338 e. The summed E-state index contributed by atoms with van der Waals surface area (Å²) in [7, 11) is 4.23. The number of amides is 1. The van der Waals surface area contributed by atoms with Gasteiger partial charge in [0.25, 0.3) is 5.91 Å². The molecule has 1 aromatic rings. The van der Waals surface area contributed by atoms with Crippen molar-refractivity contribution >= 4 is 5.91 Å². The Balaban J connectivity index is 1.96. The fourth-order valence-electron chi connectivity index (χ4n) is 3.12. The van der Waals surface area contributed by atoms with Gasteiger partial charge in [-0.05, 0) is 69.4 Å². The van der Waals surface area contributed by atoms with Gasteiger partial charge in [0.2, 0.25) is 0 Å². The Morgan fingerprint density at radius 2 is 1.95 bits per heavy atom. The first-order valence-electron chi connectivity index (χ1n) is 8.51.